The number of aromatic amines is 1. The van der Waals surface area contributed by atoms with Gasteiger partial charge in [0.05, 0.1) is 5.69 Å². The summed E-state index contributed by atoms with van der Waals surface area (Å²) in [5, 5.41) is 23.0. The third-order valence-corrected chi connectivity index (χ3v) is 6.97. The standard InChI is InChI=1S/C16H18N2O5.C12H14N2O2/c1-9(19)17-7-6-16(23-11(3)21)13-8-12(22)4-5-14(13)18(10(2)20)15(16)17;1-8(15)13-5-4-9-7-14-12-3-2-10(16)6-11(9)12/h4-5,8,15,22H,6-7H2,1-3H3;2-3,6-7,14,16H,4-5H2,1H3,(H,13,15)/t15-,16-;/m1./s1. The predicted octanol–water partition coefficient (Wildman–Crippen LogP) is 2.65. The lowest BCUT2D eigenvalue weighted by atomic mass is 9.92. The summed E-state index contributed by atoms with van der Waals surface area (Å²) in [4.78, 5) is 52.8. The molecule has 11 heteroatoms. The van der Waals surface area contributed by atoms with E-state index in [1.807, 2.05) is 12.3 Å². The number of hydrogen-bond acceptors (Lipinski definition) is 7. The van der Waals surface area contributed by atoms with Crippen LogP contribution in [0.1, 0.15) is 45.2 Å². The second-order valence-corrected chi connectivity index (χ2v) is 9.69. The van der Waals surface area contributed by atoms with Crippen molar-refractivity contribution < 1.29 is 34.1 Å². The number of carbonyl (C=O) groups is 4. The number of rotatable bonds is 4. The highest BCUT2D eigenvalue weighted by atomic mass is 16.6. The normalized spacial score (nSPS) is 19.1. The van der Waals surface area contributed by atoms with Gasteiger partial charge in [-0.25, -0.2) is 0 Å². The van der Waals surface area contributed by atoms with Gasteiger partial charge in [-0.2, -0.15) is 0 Å². The third kappa shape index (κ3) is 5.25. The SMILES string of the molecule is CC(=O)NCCc1c[nH]c2ccc(O)cc12.CC(=O)O[C@@]12CCN(C(C)=O)[C@@H]1N(C(C)=O)c1ccc(O)cc12. The number of benzene rings is 2. The number of H-pyrrole nitrogens is 1. The average Bonchev–Trinajstić information content (AvgIpc) is 3.49. The van der Waals surface area contributed by atoms with E-state index in [0.717, 1.165) is 22.9 Å². The number of ether oxygens (including phenoxy) is 1. The lowest BCUT2D eigenvalue weighted by molar-refractivity contribution is -0.162. The number of aromatic hydroxyl groups is 2. The van der Waals surface area contributed by atoms with Gasteiger partial charge in [0.15, 0.2) is 11.8 Å². The summed E-state index contributed by atoms with van der Waals surface area (Å²) in [7, 11) is 0. The molecule has 3 aromatic rings. The van der Waals surface area contributed by atoms with Crippen molar-refractivity contribution in [3.05, 3.63) is 53.7 Å². The number of anilines is 1. The van der Waals surface area contributed by atoms with Crippen LogP contribution in [0.4, 0.5) is 5.69 Å². The van der Waals surface area contributed by atoms with Crippen molar-refractivity contribution in [2.75, 3.05) is 18.0 Å². The fourth-order valence-electron chi connectivity index (χ4n) is 5.45. The fourth-order valence-corrected chi connectivity index (χ4v) is 5.45. The molecule has 3 heterocycles. The first-order valence-corrected chi connectivity index (χ1v) is 12.6. The maximum atomic E-state index is 12.2. The number of fused-ring (bicyclic) bond motifs is 4. The highest BCUT2D eigenvalue weighted by Crippen LogP contribution is 2.53. The van der Waals surface area contributed by atoms with Crippen molar-refractivity contribution in [1.82, 2.24) is 15.2 Å². The number of carbonyl (C=O) groups excluding carboxylic acids is 4. The summed E-state index contributed by atoms with van der Waals surface area (Å²) in [5.74, 6) is -0.715. The van der Waals surface area contributed by atoms with Gasteiger partial charge in [-0.1, -0.05) is 0 Å². The molecule has 0 saturated carbocycles. The molecule has 1 aromatic heterocycles. The van der Waals surface area contributed by atoms with Crippen molar-refractivity contribution in [2.45, 2.75) is 52.3 Å². The maximum absolute atomic E-state index is 12.2. The molecule has 2 aromatic carbocycles. The zero-order chi connectivity index (χ0) is 28.5. The lowest BCUT2D eigenvalue weighted by Crippen LogP contribution is -2.54. The van der Waals surface area contributed by atoms with Crippen LogP contribution in [0.25, 0.3) is 10.9 Å². The minimum atomic E-state index is -1.14. The molecular weight excluding hydrogens is 504 g/mol. The molecule has 1 saturated heterocycles. The monoisotopic (exact) mass is 536 g/mol. The number of likely N-dealkylation sites (tertiary alicyclic amines) is 1. The van der Waals surface area contributed by atoms with Crippen LogP contribution in [0.3, 0.4) is 0 Å². The summed E-state index contributed by atoms with van der Waals surface area (Å²) in [6.07, 6.45) is 2.31. The van der Waals surface area contributed by atoms with Gasteiger partial charge in [0, 0.05) is 69.9 Å². The van der Waals surface area contributed by atoms with Crippen molar-refractivity contribution in [3.63, 3.8) is 0 Å². The molecule has 3 amide bonds. The predicted molar refractivity (Wildman–Crippen MR) is 143 cm³/mol. The molecule has 2 aliphatic heterocycles. The van der Waals surface area contributed by atoms with E-state index in [0.29, 0.717) is 30.8 Å². The van der Waals surface area contributed by atoms with Gasteiger partial charge < -0.3 is 30.2 Å². The zero-order valence-corrected chi connectivity index (χ0v) is 22.3. The van der Waals surface area contributed by atoms with E-state index in [-0.39, 0.29) is 29.2 Å². The number of nitrogens with one attached hydrogen (secondary N) is 2. The Balaban J connectivity index is 0.000000193. The molecular formula is C28H32N4O7. The minimum absolute atomic E-state index is 0.0145. The van der Waals surface area contributed by atoms with E-state index in [1.165, 1.54) is 49.6 Å². The number of amides is 3. The number of aromatic nitrogens is 1. The Hall–Kier alpha value is -4.54. The van der Waals surface area contributed by atoms with Crippen LogP contribution in [0.2, 0.25) is 0 Å². The Morgan fingerprint density at radius 3 is 2.36 bits per heavy atom. The van der Waals surface area contributed by atoms with Gasteiger partial charge in [0.1, 0.15) is 11.5 Å². The van der Waals surface area contributed by atoms with Crippen LogP contribution in [-0.2, 0) is 35.9 Å². The Labute approximate surface area is 225 Å². The largest absolute Gasteiger partial charge is 0.508 e. The van der Waals surface area contributed by atoms with Crippen LogP contribution < -0.4 is 10.2 Å². The Bertz CT molecular complexity index is 1450. The molecule has 0 radical (unpaired) electrons. The molecule has 0 spiro atoms. The summed E-state index contributed by atoms with van der Waals surface area (Å²) in [5.41, 5.74) is 2.05. The molecule has 2 atom stereocenters. The van der Waals surface area contributed by atoms with Gasteiger partial charge in [-0.3, -0.25) is 24.1 Å². The first-order valence-electron chi connectivity index (χ1n) is 12.6. The molecule has 0 aliphatic carbocycles. The Morgan fingerprint density at radius 1 is 1.03 bits per heavy atom. The van der Waals surface area contributed by atoms with Crippen LogP contribution in [-0.4, -0.2) is 63.0 Å². The van der Waals surface area contributed by atoms with Gasteiger partial charge >= 0.3 is 5.97 Å². The summed E-state index contributed by atoms with van der Waals surface area (Å²) in [6.45, 7) is 6.59. The van der Waals surface area contributed by atoms with Gasteiger partial charge in [-0.05, 0) is 48.4 Å². The van der Waals surface area contributed by atoms with E-state index in [2.05, 4.69) is 10.3 Å². The topological polar surface area (TPSA) is 152 Å². The van der Waals surface area contributed by atoms with Crippen molar-refractivity contribution >= 4 is 40.3 Å². The molecule has 4 N–H and O–H groups in total. The number of nitrogens with zero attached hydrogens (tertiary/aromatic N) is 2. The van der Waals surface area contributed by atoms with E-state index in [9.17, 15) is 29.4 Å². The molecule has 0 bridgehead atoms. The van der Waals surface area contributed by atoms with Crippen molar-refractivity contribution in [2.24, 2.45) is 0 Å². The maximum Gasteiger partial charge on any atom is 0.303 e. The highest BCUT2D eigenvalue weighted by Gasteiger charge is 2.62. The molecule has 0 unspecified atom stereocenters. The molecule has 1 fully saturated rings. The second-order valence-electron chi connectivity index (χ2n) is 9.69. The van der Waals surface area contributed by atoms with Crippen LogP contribution in [0.15, 0.2) is 42.6 Å². The number of phenols is 2. The minimum Gasteiger partial charge on any atom is -0.508 e. The van der Waals surface area contributed by atoms with Gasteiger partial charge in [-0.15, -0.1) is 0 Å². The summed E-state index contributed by atoms with van der Waals surface area (Å²) >= 11 is 0. The average molecular weight is 537 g/mol. The van der Waals surface area contributed by atoms with Crippen LogP contribution >= 0.6 is 0 Å². The molecule has 206 valence electrons. The second kappa shape index (κ2) is 10.7. The quantitative estimate of drug-likeness (QED) is 0.374. The first kappa shape index (κ1) is 27.5. The fraction of sp³-hybridized carbons (Fsp3) is 0.357. The van der Waals surface area contributed by atoms with E-state index >= 15 is 0 Å². The van der Waals surface area contributed by atoms with Crippen molar-refractivity contribution in [3.8, 4) is 11.5 Å². The molecule has 11 nitrogen and oxygen atoms in total. The molecule has 39 heavy (non-hydrogen) atoms. The van der Waals surface area contributed by atoms with E-state index in [4.69, 9.17) is 4.74 Å². The first-order chi connectivity index (χ1) is 18.4. The van der Waals surface area contributed by atoms with Crippen LogP contribution in [0, 0.1) is 0 Å². The summed E-state index contributed by atoms with van der Waals surface area (Å²) in [6, 6.07) is 9.79. The number of hydrogen-bond donors (Lipinski definition) is 4. The van der Waals surface area contributed by atoms with E-state index in [1.54, 1.807) is 18.2 Å². The molecule has 2 aliphatic rings. The lowest BCUT2D eigenvalue weighted by Gasteiger charge is -2.35. The Kier molecular flexibility index (Phi) is 7.53. The highest BCUT2D eigenvalue weighted by molar-refractivity contribution is 5.97. The van der Waals surface area contributed by atoms with E-state index < -0.39 is 17.7 Å². The summed E-state index contributed by atoms with van der Waals surface area (Å²) < 4.78 is 5.63. The van der Waals surface area contributed by atoms with Gasteiger partial charge in [0.25, 0.3) is 0 Å². The molecule has 5 rings (SSSR count). The number of phenolic OH excluding ortho intramolecular Hbond substituents is 2. The smallest absolute Gasteiger partial charge is 0.303 e. The van der Waals surface area contributed by atoms with Gasteiger partial charge in [0.2, 0.25) is 17.7 Å². The third-order valence-electron chi connectivity index (χ3n) is 6.97. The van der Waals surface area contributed by atoms with Crippen LogP contribution in [0.5, 0.6) is 11.5 Å². The van der Waals surface area contributed by atoms with Crippen molar-refractivity contribution in [1.29, 1.82) is 0 Å². The Morgan fingerprint density at radius 2 is 1.72 bits per heavy atom. The zero-order valence-electron chi connectivity index (χ0n) is 22.3. The number of esters is 1.